The second kappa shape index (κ2) is 6.30. The van der Waals surface area contributed by atoms with Crippen LogP contribution in [0.5, 0.6) is 0 Å². The molecule has 2 N–H and O–H groups in total. The summed E-state index contributed by atoms with van der Waals surface area (Å²) in [6, 6.07) is 5.37. The molecular formula is C18H22BrFN2O2. The molecule has 1 saturated heterocycles. The summed E-state index contributed by atoms with van der Waals surface area (Å²) >= 11 is 3.16. The van der Waals surface area contributed by atoms with Crippen molar-refractivity contribution < 1.29 is 13.9 Å². The van der Waals surface area contributed by atoms with Crippen LogP contribution in [0.25, 0.3) is 0 Å². The molecule has 3 atom stereocenters. The fourth-order valence-electron chi connectivity index (χ4n) is 3.93. The zero-order valence-corrected chi connectivity index (χ0v) is 15.1. The summed E-state index contributed by atoms with van der Waals surface area (Å²) in [7, 11) is 0. The molecule has 3 fully saturated rings. The zero-order chi connectivity index (χ0) is 16.7. The van der Waals surface area contributed by atoms with E-state index in [0.717, 1.165) is 44.3 Å². The Morgan fingerprint density at radius 3 is 2.88 bits per heavy atom. The third-order valence-electron chi connectivity index (χ3n) is 5.57. The highest BCUT2D eigenvalue weighted by atomic mass is 79.9. The summed E-state index contributed by atoms with van der Waals surface area (Å²) in [4.78, 5) is 12.2. The van der Waals surface area contributed by atoms with Crippen LogP contribution in [0.3, 0.4) is 0 Å². The molecule has 1 unspecified atom stereocenters. The van der Waals surface area contributed by atoms with Gasteiger partial charge >= 0.3 is 6.03 Å². The van der Waals surface area contributed by atoms with E-state index >= 15 is 0 Å². The van der Waals surface area contributed by atoms with E-state index in [2.05, 4.69) is 26.6 Å². The van der Waals surface area contributed by atoms with E-state index in [4.69, 9.17) is 4.74 Å². The maximum atomic E-state index is 13.6. The molecule has 1 heterocycles. The summed E-state index contributed by atoms with van der Waals surface area (Å²) in [5, 5.41) is 6.12. The molecule has 1 spiro atoms. The van der Waals surface area contributed by atoms with Gasteiger partial charge in [-0.25, -0.2) is 9.18 Å². The normalized spacial score (nSPS) is 30.5. The van der Waals surface area contributed by atoms with Gasteiger partial charge in [0, 0.05) is 24.6 Å². The quantitative estimate of drug-likeness (QED) is 0.814. The lowest BCUT2D eigenvalue weighted by Gasteiger charge is -2.47. The van der Waals surface area contributed by atoms with Crippen LogP contribution < -0.4 is 10.6 Å². The molecule has 3 aliphatic rings. The van der Waals surface area contributed by atoms with Crippen LogP contribution in [-0.4, -0.2) is 30.3 Å². The van der Waals surface area contributed by atoms with Crippen molar-refractivity contribution in [1.82, 2.24) is 10.6 Å². The van der Waals surface area contributed by atoms with E-state index in [9.17, 15) is 9.18 Å². The first-order valence-corrected chi connectivity index (χ1v) is 9.50. The smallest absolute Gasteiger partial charge is 0.315 e. The van der Waals surface area contributed by atoms with E-state index in [1.165, 1.54) is 6.42 Å². The van der Waals surface area contributed by atoms with Gasteiger partial charge in [-0.1, -0.05) is 6.07 Å². The first-order valence-electron chi connectivity index (χ1n) is 8.71. The maximum absolute atomic E-state index is 13.6. The van der Waals surface area contributed by atoms with Gasteiger partial charge in [-0.05, 0) is 72.2 Å². The summed E-state index contributed by atoms with van der Waals surface area (Å²) in [5.74, 6) is -0.0402. The second-order valence-corrected chi connectivity index (χ2v) is 8.17. The first-order chi connectivity index (χ1) is 11.5. The van der Waals surface area contributed by atoms with E-state index < -0.39 is 0 Å². The number of rotatable bonds is 3. The van der Waals surface area contributed by atoms with Crippen molar-refractivity contribution in [3.05, 3.63) is 34.1 Å². The predicted molar refractivity (Wildman–Crippen MR) is 92.5 cm³/mol. The van der Waals surface area contributed by atoms with Crippen LogP contribution in [-0.2, 0) is 4.74 Å². The minimum absolute atomic E-state index is 0.0350. The monoisotopic (exact) mass is 396 g/mol. The van der Waals surface area contributed by atoms with Crippen molar-refractivity contribution in [2.45, 2.75) is 62.1 Å². The second-order valence-electron chi connectivity index (χ2n) is 7.31. The molecule has 0 aromatic heterocycles. The lowest BCUT2D eigenvalue weighted by atomic mass is 9.74. The Balaban J connectivity index is 1.27. The van der Waals surface area contributed by atoms with Gasteiger partial charge in [-0.2, -0.15) is 0 Å². The molecule has 2 amide bonds. The summed E-state index contributed by atoms with van der Waals surface area (Å²) in [6.45, 7) is 0.731. The van der Waals surface area contributed by atoms with Gasteiger partial charge in [0.2, 0.25) is 0 Å². The molecule has 24 heavy (non-hydrogen) atoms. The van der Waals surface area contributed by atoms with Gasteiger partial charge in [0.1, 0.15) is 5.82 Å². The number of hydrogen-bond acceptors (Lipinski definition) is 2. The molecule has 6 heteroatoms. The molecular weight excluding hydrogens is 375 g/mol. The molecule has 4 nitrogen and oxygen atoms in total. The van der Waals surface area contributed by atoms with Crippen molar-refractivity contribution in [2.75, 3.05) is 6.61 Å². The maximum Gasteiger partial charge on any atom is 0.315 e. The first kappa shape index (κ1) is 16.3. The summed E-state index contributed by atoms with van der Waals surface area (Å²) in [6.07, 6.45) is 6.13. The molecule has 2 saturated carbocycles. The Bertz CT molecular complexity index is 650. The van der Waals surface area contributed by atoms with Crippen molar-refractivity contribution in [1.29, 1.82) is 0 Å². The zero-order valence-electron chi connectivity index (χ0n) is 13.5. The number of carbonyl (C=O) groups excluding carboxylic acids is 1. The average molecular weight is 397 g/mol. The van der Waals surface area contributed by atoms with Crippen molar-refractivity contribution in [3.8, 4) is 0 Å². The number of ether oxygens (including phenoxy) is 1. The molecule has 4 rings (SSSR count). The van der Waals surface area contributed by atoms with E-state index in [0.29, 0.717) is 4.47 Å². The van der Waals surface area contributed by atoms with E-state index in [1.807, 2.05) is 6.07 Å². The number of carbonyl (C=O) groups is 1. The van der Waals surface area contributed by atoms with Crippen LogP contribution >= 0.6 is 15.9 Å². The topological polar surface area (TPSA) is 50.4 Å². The SMILES string of the molecule is O=C(NC1CCOC2(CCC2)C1)N[C@@H]1C[C@H]1c1ccc(Br)c(F)c1. The van der Waals surface area contributed by atoms with Crippen LogP contribution in [0.4, 0.5) is 9.18 Å². The Morgan fingerprint density at radius 2 is 2.17 bits per heavy atom. The van der Waals surface area contributed by atoms with Crippen molar-refractivity contribution in [2.24, 2.45) is 0 Å². The Hall–Kier alpha value is -1.14. The molecule has 0 bridgehead atoms. The van der Waals surface area contributed by atoms with Crippen LogP contribution in [0, 0.1) is 5.82 Å². The number of urea groups is 1. The molecule has 130 valence electrons. The molecule has 2 aliphatic carbocycles. The fraction of sp³-hybridized carbons (Fsp3) is 0.611. The number of amides is 2. The lowest BCUT2D eigenvalue weighted by molar-refractivity contribution is -0.134. The third-order valence-corrected chi connectivity index (χ3v) is 6.21. The standard InChI is InChI=1S/C18H22BrFN2O2/c19-14-3-2-11(8-15(14)20)13-9-16(13)22-17(23)21-12-4-7-24-18(10-12)5-1-6-18/h2-3,8,12-13,16H,1,4-7,9-10H2,(H2,21,22,23)/t12?,13-,16+/m0/s1. The van der Waals surface area contributed by atoms with Crippen molar-refractivity contribution >= 4 is 22.0 Å². The van der Waals surface area contributed by atoms with Crippen molar-refractivity contribution in [3.63, 3.8) is 0 Å². The summed E-state index contributed by atoms with van der Waals surface area (Å²) in [5.41, 5.74) is 0.980. The van der Waals surface area contributed by atoms with E-state index in [1.54, 1.807) is 12.1 Å². The van der Waals surface area contributed by atoms with Gasteiger partial charge in [-0.15, -0.1) is 0 Å². The van der Waals surface area contributed by atoms with Crippen LogP contribution in [0.15, 0.2) is 22.7 Å². The molecule has 1 aliphatic heterocycles. The minimum Gasteiger partial charge on any atom is -0.375 e. The molecule has 1 aromatic carbocycles. The highest BCUT2D eigenvalue weighted by Crippen LogP contribution is 2.43. The van der Waals surface area contributed by atoms with Gasteiger partial charge in [0.05, 0.1) is 10.1 Å². The average Bonchev–Trinajstić information content (AvgIpc) is 3.27. The van der Waals surface area contributed by atoms with E-state index in [-0.39, 0.29) is 35.5 Å². The van der Waals surface area contributed by atoms with Gasteiger partial charge in [-0.3, -0.25) is 0 Å². The van der Waals surface area contributed by atoms with Gasteiger partial charge in [0.15, 0.2) is 0 Å². The molecule has 0 radical (unpaired) electrons. The Kier molecular flexibility index (Phi) is 4.29. The highest BCUT2D eigenvalue weighted by molar-refractivity contribution is 9.10. The van der Waals surface area contributed by atoms with Gasteiger partial charge < -0.3 is 15.4 Å². The number of hydrogen-bond donors (Lipinski definition) is 2. The number of benzene rings is 1. The van der Waals surface area contributed by atoms with Crippen LogP contribution in [0.2, 0.25) is 0 Å². The minimum atomic E-state index is -0.254. The van der Waals surface area contributed by atoms with Crippen LogP contribution in [0.1, 0.15) is 50.0 Å². The molecule has 1 aromatic rings. The predicted octanol–water partition coefficient (Wildman–Crippen LogP) is 3.85. The Morgan fingerprint density at radius 1 is 1.33 bits per heavy atom. The lowest BCUT2D eigenvalue weighted by Crippen LogP contribution is -2.53. The van der Waals surface area contributed by atoms with Gasteiger partial charge in [0.25, 0.3) is 0 Å². The number of halogens is 2. The largest absolute Gasteiger partial charge is 0.375 e. The summed E-state index contributed by atoms with van der Waals surface area (Å²) < 4.78 is 20.0. The Labute approximate surface area is 149 Å². The fourth-order valence-corrected chi connectivity index (χ4v) is 4.18. The number of nitrogens with one attached hydrogen (secondary N) is 2. The highest BCUT2D eigenvalue weighted by Gasteiger charge is 2.44. The third kappa shape index (κ3) is 3.31.